The Hall–Kier alpha value is -5.80. The van der Waals surface area contributed by atoms with Crippen molar-refractivity contribution in [2.45, 2.75) is 0 Å². The van der Waals surface area contributed by atoms with Gasteiger partial charge in [-0.3, -0.25) is 0 Å². The first-order valence-electron chi connectivity index (χ1n) is 14.5. The maximum atomic E-state index is 6.45. The van der Waals surface area contributed by atoms with Crippen molar-refractivity contribution in [3.05, 3.63) is 170 Å². The number of hydrogen-bond donors (Lipinski definition) is 0. The molecule has 1 aliphatic heterocycles. The highest BCUT2D eigenvalue weighted by Gasteiger charge is 2.26. The molecule has 0 bridgehead atoms. The second-order valence-corrected chi connectivity index (χ2v) is 10.7. The van der Waals surface area contributed by atoms with Crippen LogP contribution >= 0.6 is 0 Å². The highest BCUT2D eigenvalue weighted by molar-refractivity contribution is 5.90. The maximum absolute atomic E-state index is 6.45. The number of fused-ring (bicyclic) bond motifs is 3. The summed E-state index contributed by atoms with van der Waals surface area (Å²) in [4.78, 5) is 4.57. The Morgan fingerprint density at radius 2 is 1.00 bits per heavy atom. The molecule has 0 aliphatic carbocycles. The van der Waals surface area contributed by atoms with Gasteiger partial charge >= 0.3 is 0 Å². The molecule has 1 heterocycles. The monoisotopic (exact) mass is 552 g/mol. The zero-order valence-corrected chi connectivity index (χ0v) is 23.5. The van der Waals surface area contributed by atoms with Crippen LogP contribution in [0.1, 0.15) is 0 Å². The van der Waals surface area contributed by atoms with Crippen LogP contribution in [0.5, 0.6) is 11.5 Å². The van der Waals surface area contributed by atoms with Gasteiger partial charge in [-0.1, -0.05) is 97.1 Å². The highest BCUT2D eigenvalue weighted by atomic mass is 16.5. The van der Waals surface area contributed by atoms with E-state index in [0.29, 0.717) is 0 Å². The third kappa shape index (κ3) is 4.58. The quantitative estimate of drug-likeness (QED) is 0.211. The Bertz CT molecular complexity index is 2050. The van der Waals surface area contributed by atoms with Crippen LogP contribution in [-0.4, -0.2) is 0 Å². The van der Waals surface area contributed by atoms with E-state index in [1.807, 2.05) is 18.2 Å². The van der Waals surface area contributed by atoms with Gasteiger partial charge in [-0.15, -0.1) is 0 Å². The molecule has 8 rings (SSSR count). The summed E-state index contributed by atoms with van der Waals surface area (Å²) in [5.41, 5.74) is 8.74. The normalized spacial score (nSPS) is 11.9. The molecule has 7 aromatic rings. The number of ether oxygens (including phenoxy) is 1. The van der Waals surface area contributed by atoms with Crippen molar-refractivity contribution in [2.75, 3.05) is 9.80 Å². The Morgan fingerprint density at radius 1 is 0.395 bits per heavy atom. The van der Waals surface area contributed by atoms with Crippen LogP contribution in [0.2, 0.25) is 0 Å². The second-order valence-electron chi connectivity index (χ2n) is 10.7. The average molecular weight is 553 g/mol. The minimum atomic E-state index is 0.839. The first kappa shape index (κ1) is 25.0. The Kier molecular flexibility index (Phi) is 6.12. The van der Waals surface area contributed by atoms with Crippen molar-refractivity contribution in [1.29, 1.82) is 0 Å². The molecule has 0 spiro atoms. The lowest BCUT2D eigenvalue weighted by Crippen LogP contribution is -2.15. The van der Waals surface area contributed by atoms with Gasteiger partial charge in [0.15, 0.2) is 11.5 Å². The fourth-order valence-corrected chi connectivity index (χ4v) is 5.93. The van der Waals surface area contributed by atoms with E-state index in [2.05, 4.69) is 161 Å². The summed E-state index contributed by atoms with van der Waals surface area (Å²) in [7, 11) is 0. The number of benzene rings is 7. The van der Waals surface area contributed by atoms with E-state index in [-0.39, 0.29) is 0 Å². The molecule has 7 aromatic carbocycles. The lowest BCUT2D eigenvalue weighted by Gasteiger charge is -2.33. The number of anilines is 6. The maximum Gasteiger partial charge on any atom is 0.152 e. The van der Waals surface area contributed by atoms with Crippen LogP contribution in [0.25, 0.3) is 21.9 Å². The third-order valence-electron chi connectivity index (χ3n) is 8.01. The molecule has 0 atom stereocenters. The van der Waals surface area contributed by atoms with Crippen molar-refractivity contribution < 1.29 is 4.74 Å². The van der Waals surface area contributed by atoms with Crippen molar-refractivity contribution in [2.24, 2.45) is 0 Å². The number of nitrogens with zero attached hydrogens (tertiary/aromatic N) is 2. The number of para-hydroxylation sites is 4. The Labute approximate surface area is 251 Å². The van der Waals surface area contributed by atoms with Gasteiger partial charge in [-0.25, -0.2) is 0 Å². The van der Waals surface area contributed by atoms with Crippen molar-refractivity contribution >= 4 is 44.9 Å². The molecule has 0 aromatic heterocycles. The van der Waals surface area contributed by atoms with Crippen molar-refractivity contribution in [1.82, 2.24) is 0 Å². The zero-order chi connectivity index (χ0) is 28.6. The number of rotatable bonds is 5. The molecule has 0 fully saturated rings. The minimum absolute atomic E-state index is 0.839. The van der Waals surface area contributed by atoms with Gasteiger partial charge in [-0.2, -0.15) is 0 Å². The van der Waals surface area contributed by atoms with Gasteiger partial charge in [-0.05, 0) is 94.7 Å². The molecule has 3 heteroatoms. The van der Waals surface area contributed by atoms with Crippen molar-refractivity contribution in [3.63, 3.8) is 0 Å². The first-order valence-corrected chi connectivity index (χ1v) is 14.5. The van der Waals surface area contributed by atoms with E-state index >= 15 is 0 Å². The first-order chi connectivity index (χ1) is 21.3. The Balaban J connectivity index is 1.17. The van der Waals surface area contributed by atoms with Crippen LogP contribution in [0.3, 0.4) is 0 Å². The Morgan fingerprint density at radius 3 is 1.81 bits per heavy atom. The van der Waals surface area contributed by atoms with Crippen LogP contribution in [0, 0.1) is 0 Å². The summed E-state index contributed by atoms with van der Waals surface area (Å²) in [6, 6.07) is 59.6. The van der Waals surface area contributed by atoms with Crippen molar-refractivity contribution in [3.8, 4) is 22.6 Å². The number of hydrogen-bond acceptors (Lipinski definition) is 3. The SMILES string of the molecule is c1ccc(N(c2ccc(-c3ccc4c(c3)Oc3ccccc3N4c3ccccc3)cc2)c2ccc3ccccc3c2)cc1. The van der Waals surface area contributed by atoms with Gasteiger partial charge < -0.3 is 14.5 Å². The van der Waals surface area contributed by atoms with Crippen LogP contribution in [0.4, 0.5) is 34.1 Å². The molecule has 204 valence electrons. The van der Waals surface area contributed by atoms with Gasteiger partial charge in [0.2, 0.25) is 0 Å². The highest BCUT2D eigenvalue weighted by Crippen LogP contribution is 2.51. The van der Waals surface area contributed by atoms with Crippen LogP contribution < -0.4 is 14.5 Å². The lowest BCUT2D eigenvalue weighted by atomic mass is 10.0. The largest absolute Gasteiger partial charge is 0.453 e. The molecule has 0 radical (unpaired) electrons. The predicted molar refractivity (Wildman–Crippen MR) is 179 cm³/mol. The third-order valence-corrected chi connectivity index (χ3v) is 8.01. The molecule has 0 unspecified atom stereocenters. The van der Waals surface area contributed by atoms with E-state index in [9.17, 15) is 0 Å². The molecule has 0 amide bonds. The molecular formula is C40H28N2O. The van der Waals surface area contributed by atoms with Crippen LogP contribution in [0.15, 0.2) is 170 Å². The molecular weight excluding hydrogens is 524 g/mol. The molecule has 3 nitrogen and oxygen atoms in total. The summed E-state index contributed by atoms with van der Waals surface area (Å²) in [6.07, 6.45) is 0. The summed E-state index contributed by atoms with van der Waals surface area (Å²) in [5, 5.41) is 2.45. The fourth-order valence-electron chi connectivity index (χ4n) is 5.93. The smallest absolute Gasteiger partial charge is 0.152 e. The summed E-state index contributed by atoms with van der Waals surface area (Å²) >= 11 is 0. The van der Waals surface area contributed by atoms with E-state index in [0.717, 1.165) is 56.8 Å². The van der Waals surface area contributed by atoms with Gasteiger partial charge in [0.25, 0.3) is 0 Å². The lowest BCUT2D eigenvalue weighted by molar-refractivity contribution is 0.477. The van der Waals surface area contributed by atoms with Gasteiger partial charge in [0.05, 0.1) is 11.4 Å². The molecule has 0 saturated heterocycles. The van der Waals surface area contributed by atoms with Gasteiger partial charge in [0.1, 0.15) is 0 Å². The standard InChI is InChI=1S/C40H28N2O/c1-3-13-33(14-4-1)41(36-25-21-29-11-7-8-12-31(29)27-36)35-23-19-30(20-24-35)32-22-26-38-40(28-32)43-39-18-10-9-17-37(39)42(38)34-15-5-2-6-16-34/h1-28H. The van der Waals surface area contributed by atoms with E-state index < -0.39 is 0 Å². The summed E-state index contributed by atoms with van der Waals surface area (Å²) < 4.78 is 6.45. The topological polar surface area (TPSA) is 15.7 Å². The van der Waals surface area contributed by atoms with E-state index in [4.69, 9.17) is 4.74 Å². The predicted octanol–water partition coefficient (Wildman–Crippen LogP) is 11.6. The zero-order valence-electron chi connectivity index (χ0n) is 23.5. The van der Waals surface area contributed by atoms with E-state index in [1.165, 1.54) is 10.8 Å². The molecule has 1 aliphatic rings. The van der Waals surface area contributed by atoms with Crippen LogP contribution in [-0.2, 0) is 0 Å². The molecule has 43 heavy (non-hydrogen) atoms. The summed E-state index contributed by atoms with van der Waals surface area (Å²) in [5.74, 6) is 1.69. The van der Waals surface area contributed by atoms with Gasteiger partial charge in [0, 0.05) is 22.7 Å². The summed E-state index contributed by atoms with van der Waals surface area (Å²) in [6.45, 7) is 0. The minimum Gasteiger partial charge on any atom is -0.453 e. The fraction of sp³-hybridized carbons (Fsp3) is 0. The average Bonchev–Trinajstić information content (AvgIpc) is 3.08. The molecule has 0 saturated carbocycles. The second kappa shape index (κ2) is 10.6. The van der Waals surface area contributed by atoms with E-state index in [1.54, 1.807) is 0 Å². The molecule has 0 N–H and O–H groups in total.